The van der Waals surface area contributed by atoms with Gasteiger partial charge in [-0.1, -0.05) is 31.3 Å². The van der Waals surface area contributed by atoms with E-state index >= 15 is 0 Å². The van der Waals surface area contributed by atoms with E-state index in [1.807, 2.05) is 30.0 Å². The minimum atomic E-state index is 0.464. The quantitative estimate of drug-likeness (QED) is 0.803. The SMILES string of the molecule is CCC(CSC)N(C)c1ccccc1C(N)=S. The van der Waals surface area contributed by atoms with Crippen LogP contribution in [0.2, 0.25) is 0 Å². The normalized spacial score (nSPS) is 12.2. The Morgan fingerprint density at radius 3 is 2.65 bits per heavy atom. The van der Waals surface area contributed by atoms with Gasteiger partial charge in [-0.05, 0) is 24.8 Å². The molecule has 0 aliphatic carbocycles. The molecule has 1 unspecified atom stereocenters. The van der Waals surface area contributed by atoms with Crippen molar-refractivity contribution in [2.24, 2.45) is 5.73 Å². The van der Waals surface area contributed by atoms with Crippen LogP contribution in [-0.2, 0) is 0 Å². The molecule has 0 aliphatic heterocycles. The first kappa shape index (κ1) is 14.3. The minimum Gasteiger partial charge on any atom is -0.389 e. The zero-order chi connectivity index (χ0) is 12.8. The second-order valence-electron chi connectivity index (χ2n) is 4.01. The zero-order valence-corrected chi connectivity index (χ0v) is 12.3. The fourth-order valence-corrected chi connectivity index (χ4v) is 2.90. The van der Waals surface area contributed by atoms with Gasteiger partial charge < -0.3 is 10.6 Å². The number of thioether (sulfide) groups is 1. The first-order valence-corrected chi connectivity index (χ1v) is 7.52. The number of nitrogens with two attached hydrogens (primary N) is 1. The maximum absolute atomic E-state index is 5.77. The Labute approximate surface area is 114 Å². The zero-order valence-electron chi connectivity index (χ0n) is 10.6. The maximum Gasteiger partial charge on any atom is 0.106 e. The van der Waals surface area contributed by atoms with E-state index in [0.717, 1.165) is 23.4 Å². The lowest BCUT2D eigenvalue weighted by molar-refractivity contribution is 0.673. The summed E-state index contributed by atoms with van der Waals surface area (Å²) in [5.41, 5.74) is 7.86. The third-order valence-corrected chi connectivity index (χ3v) is 3.87. The van der Waals surface area contributed by atoms with Gasteiger partial charge in [0.05, 0.1) is 0 Å². The standard InChI is InChI=1S/C13H20N2S2/c1-4-10(9-17-3)15(2)12-8-6-5-7-11(12)13(14)16/h5-8,10H,4,9H2,1-3H3,(H2,14,16). The molecule has 0 amide bonds. The van der Waals surface area contributed by atoms with Crippen LogP contribution in [0.15, 0.2) is 24.3 Å². The van der Waals surface area contributed by atoms with Crippen LogP contribution in [0.5, 0.6) is 0 Å². The van der Waals surface area contributed by atoms with Gasteiger partial charge in [0, 0.05) is 30.1 Å². The molecule has 0 spiro atoms. The fraction of sp³-hybridized carbons (Fsp3) is 0.462. The summed E-state index contributed by atoms with van der Waals surface area (Å²) in [6.45, 7) is 2.21. The smallest absolute Gasteiger partial charge is 0.106 e. The first-order valence-electron chi connectivity index (χ1n) is 5.72. The van der Waals surface area contributed by atoms with E-state index in [1.165, 1.54) is 0 Å². The van der Waals surface area contributed by atoms with E-state index in [1.54, 1.807) is 0 Å². The van der Waals surface area contributed by atoms with Gasteiger partial charge in [-0.3, -0.25) is 0 Å². The van der Waals surface area contributed by atoms with Crippen LogP contribution in [0.4, 0.5) is 5.69 Å². The molecule has 0 radical (unpaired) electrons. The van der Waals surface area contributed by atoms with Gasteiger partial charge in [-0.2, -0.15) is 11.8 Å². The number of hydrogen-bond acceptors (Lipinski definition) is 3. The molecule has 0 aliphatic rings. The highest BCUT2D eigenvalue weighted by atomic mass is 32.2. The number of nitrogens with zero attached hydrogens (tertiary/aromatic N) is 1. The lowest BCUT2D eigenvalue weighted by atomic mass is 10.1. The molecule has 4 heteroatoms. The van der Waals surface area contributed by atoms with Crippen LogP contribution >= 0.6 is 24.0 Å². The predicted molar refractivity (Wildman–Crippen MR) is 83.2 cm³/mol. The summed E-state index contributed by atoms with van der Waals surface area (Å²) >= 11 is 6.97. The van der Waals surface area contributed by atoms with Gasteiger partial charge in [0.1, 0.15) is 4.99 Å². The molecule has 0 saturated carbocycles. The van der Waals surface area contributed by atoms with Crippen molar-refractivity contribution in [2.45, 2.75) is 19.4 Å². The number of para-hydroxylation sites is 1. The molecular weight excluding hydrogens is 248 g/mol. The van der Waals surface area contributed by atoms with Crippen molar-refractivity contribution in [3.63, 3.8) is 0 Å². The lowest BCUT2D eigenvalue weighted by Gasteiger charge is -2.30. The average Bonchev–Trinajstić information content (AvgIpc) is 2.35. The Morgan fingerprint density at radius 2 is 2.12 bits per heavy atom. The lowest BCUT2D eigenvalue weighted by Crippen LogP contribution is -2.34. The molecule has 0 fully saturated rings. The van der Waals surface area contributed by atoms with Crippen LogP contribution in [0.1, 0.15) is 18.9 Å². The second kappa shape index (κ2) is 6.87. The summed E-state index contributed by atoms with van der Waals surface area (Å²) in [4.78, 5) is 2.75. The van der Waals surface area contributed by atoms with Crippen molar-refractivity contribution in [3.8, 4) is 0 Å². The average molecular weight is 268 g/mol. The van der Waals surface area contributed by atoms with Crippen LogP contribution in [0.3, 0.4) is 0 Å². The Kier molecular flexibility index (Phi) is 5.78. The summed E-state index contributed by atoms with van der Waals surface area (Å²) in [6, 6.07) is 8.58. The van der Waals surface area contributed by atoms with Gasteiger partial charge in [0.2, 0.25) is 0 Å². The largest absolute Gasteiger partial charge is 0.389 e. The predicted octanol–water partition coefficient (Wildman–Crippen LogP) is 2.90. The molecule has 0 saturated heterocycles. The van der Waals surface area contributed by atoms with E-state index in [9.17, 15) is 0 Å². The van der Waals surface area contributed by atoms with E-state index in [4.69, 9.17) is 18.0 Å². The van der Waals surface area contributed by atoms with E-state index in [0.29, 0.717) is 11.0 Å². The molecule has 1 aromatic carbocycles. The van der Waals surface area contributed by atoms with Crippen molar-refractivity contribution < 1.29 is 0 Å². The summed E-state index contributed by atoms with van der Waals surface area (Å²) < 4.78 is 0. The number of thiocarbonyl (C=S) groups is 1. The fourth-order valence-electron chi connectivity index (χ4n) is 1.88. The third-order valence-electron chi connectivity index (χ3n) is 2.93. The Balaban J connectivity index is 3.01. The molecule has 17 heavy (non-hydrogen) atoms. The Hall–Kier alpha value is -0.740. The molecule has 1 aromatic rings. The van der Waals surface area contributed by atoms with Gasteiger partial charge in [-0.25, -0.2) is 0 Å². The van der Waals surface area contributed by atoms with Crippen LogP contribution < -0.4 is 10.6 Å². The molecule has 1 rings (SSSR count). The highest BCUT2D eigenvalue weighted by molar-refractivity contribution is 7.98. The van der Waals surface area contributed by atoms with Gasteiger partial charge in [0.15, 0.2) is 0 Å². The summed E-state index contributed by atoms with van der Waals surface area (Å²) in [5.74, 6) is 1.11. The van der Waals surface area contributed by atoms with Crippen molar-refractivity contribution in [1.29, 1.82) is 0 Å². The number of benzene rings is 1. The topological polar surface area (TPSA) is 29.3 Å². The van der Waals surface area contributed by atoms with E-state index < -0.39 is 0 Å². The monoisotopic (exact) mass is 268 g/mol. The second-order valence-corrected chi connectivity index (χ2v) is 5.36. The summed E-state index contributed by atoms with van der Waals surface area (Å²) in [7, 11) is 2.11. The molecule has 0 bridgehead atoms. The Morgan fingerprint density at radius 1 is 1.47 bits per heavy atom. The Bertz CT molecular complexity index is 379. The van der Waals surface area contributed by atoms with Crippen LogP contribution in [0.25, 0.3) is 0 Å². The van der Waals surface area contributed by atoms with E-state index in [-0.39, 0.29) is 0 Å². The van der Waals surface area contributed by atoms with Crippen molar-refractivity contribution >= 4 is 34.7 Å². The van der Waals surface area contributed by atoms with Crippen molar-refractivity contribution in [3.05, 3.63) is 29.8 Å². The number of rotatable bonds is 6. The molecule has 1 atom stereocenters. The number of hydrogen-bond donors (Lipinski definition) is 1. The highest BCUT2D eigenvalue weighted by Crippen LogP contribution is 2.23. The summed E-state index contributed by atoms with van der Waals surface area (Å²) in [5, 5.41) is 0. The molecular formula is C13H20N2S2. The highest BCUT2D eigenvalue weighted by Gasteiger charge is 2.16. The van der Waals surface area contributed by atoms with Crippen LogP contribution in [0, 0.1) is 0 Å². The van der Waals surface area contributed by atoms with Gasteiger partial charge >= 0.3 is 0 Å². The summed E-state index contributed by atoms with van der Waals surface area (Å²) in [6.07, 6.45) is 3.25. The molecule has 2 N–H and O–H groups in total. The van der Waals surface area contributed by atoms with Gasteiger partial charge in [-0.15, -0.1) is 0 Å². The minimum absolute atomic E-state index is 0.464. The maximum atomic E-state index is 5.77. The van der Waals surface area contributed by atoms with Crippen LogP contribution in [-0.4, -0.2) is 30.1 Å². The molecule has 0 aromatic heterocycles. The van der Waals surface area contributed by atoms with E-state index in [2.05, 4.69) is 31.2 Å². The van der Waals surface area contributed by atoms with Crippen molar-refractivity contribution in [2.75, 3.05) is 24.0 Å². The molecule has 94 valence electrons. The van der Waals surface area contributed by atoms with Crippen molar-refractivity contribution in [1.82, 2.24) is 0 Å². The van der Waals surface area contributed by atoms with Gasteiger partial charge in [0.25, 0.3) is 0 Å². The first-order chi connectivity index (χ1) is 8.11. The molecule has 0 heterocycles. The third kappa shape index (κ3) is 3.61. The number of anilines is 1. The molecule has 2 nitrogen and oxygen atoms in total.